The Hall–Kier alpha value is -1.27. The molecule has 0 saturated heterocycles. The van der Waals surface area contributed by atoms with E-state index in [1.807, 2.05) is 27.7 Å². The summed E-state index contributed by atoms with van der Waals surface area (Å²) >= 11 is 7.44. The smallest absolute Gasteiger partial charge is 0.319 e. The summed E-state index contributed by atoms with van der Waals surface area (Å²) in [5, 5.41) is 2.40. The van der Waals surface area contributed by atoms with Gasteiger partial charge in [0.05, 0.1) is 17.3 Å². The van der Waals surface area contributed by atoms with Crippen LogP contribution in [0.3, 0.4) is 0 Å². The second kappa shape index (κ2) is 13.0. The number of hydrogen-bond donors (Lipinski definition) is 1. The predicted molar refractivity (Wildman–Crippen MR) is 115 cm³/mol. The SMILES string of the molecule is CCCCOC(=O)C(CCC)Sc1cc(NC(=O)CCC(C)C)c(F)cc1Cl. The van der Waals surface area contributed by atoms with E-state index in [-0.39, 0.29) is 22.6 Å². The Morgan fingerprint density at radius 2 is 1.93 bits per heavy atom. The normalized spacial score (nSPS) is 12.1. The highest BCUT2D eigenvalue weighted by Crippen LogP contribution is 2.36. The number of benzene rings is 1. The molecule has 1 N–H and O–H groups in total. The number of rotatable bonds is 12. The second-order valence-corrected chi connectivity index (χ2v) is 8.81. The van der Waals surface area contributed by atoms with Gasteiger partial charge in [-0.1, -0.05) is 52.1 Å². The molecule has 1 aromatic rings. The number of hydrogen-bond acceptors (Lipinski definition) is 4. The van der Waals surface area contributed by atoms with Gasteiger partial charge >= 0.3 is 5.97 Å². The average Bonchev–Trinajstić information content (AvgIpc) is 2.63. The summed E-state index contributed by atoms with van der Waals surface area (Å²) in [4.78, 5) is 25.0. The van der Waals surface area contributed by atoms with Crippen LogP contribution in [0.1, 0.15) is 66.2 Å². The number of ether oxygens (including phenoxy) is 1. The van der Waals surface area contributed by atoms with Crippen LogP contribution in [-0.2, 0) is 14.3 Å². The first-order valence-corrected chi connectivity index (χ1v) is 11.2. The molecule has 0 aromatic heterocycles. The molecule has 1 aromatic carbocycles. The van der Waals surface area contributed by atoms with Crippen LogP contribution in [0.2, 0.25) is 5.02 Å². The third kappa shape index (κ3) is 8.82. The molecule has 0 saturated carbocycles. The minimum atomic E-state index is -0.593. The van der Waals surface area contributed by atoms with Gasteiger partial charge in [0.25, 0.3) is 0 Å². The summed E-state index contributed by atoms with van der Waals surface area (Å²) in [6, 6.07) is 2.67. The zero-order chi connectivity index (χ0) is 21.1. The topological polar surface area (TPSA) is 55.4 Å². The molecular formula is C21H31ClFNO3S. The van der Waals surface area contributed by atoms with Crippen molar-refractivity contribution in [1.82, 2.24) is 0 Å². The molecule has 1 atom stereocenters. The van der Waals surface area contributed by atoms with Crippen molar-refractivity contribution in [2.24, 2.45) is 5.92 Å². The Morgan fingerprint density at radius 3 is 2.54 bits per heavy atom. The molecule has 0 aliphatic rings. The lowest BCUT2D eigenvalue weighted by Crippen LogP contribution is -2.21. The number of esters is 1. The van der Waals surface area contributed by atoms with Crippen molar-refractivity contribution in [3.8, 4) is 0 Å². The van der Waals surface area contributed by atoms with Crippen LogP contribution >= 0.6 is 23.4 Å². The molecule has 0 radical (unpaired) electrons. The van der Waals surface area contributed by atoms with Crippen LogP contribution in [0.15, 0.2) is 17.0 Å². The molecule has 158 valence electrons. The minimum Gasteiger partial charge on any atom is -0.465 e. The molecule has 0 aliphatic heterocycles. The highest BCUT2D eigenvalue weighted by atomic mass is 35.5. The van der Waals surface area contributed by atoms with E-state index in [0.29, 0.717) is 30.3 Å². The lowest BCUT2D eigenvalue weighted by Gasteiger charge is -2.17. The summed E-state index contributed by atoms with van der Waals surface area (Å²) in [6.45, 7) is 8.46. The van der Waals surface area contributed by atoms with E-state index in [1.165, 1.54) is 23.9 Å². The molecule has 0 aliphatic carbocycles. The lowest BCUT2D eigenvalue weighted by molar-refractivity contribution is -0.143. The number of carbonyl (C=O) groups excluding carboxylic acids is 2. The Bertz CT molecular complexity index is 655. The second-order valence-electron chi connectivity index (χ2n) is 7.16. The predicted octanol–water partition coefficient (Wildman–Crippen LogP) is 6.46. The number of amides is 1. The summed E-state index contributed by atoms with van der Waals surface area (Å²) in [5.41, 5.74) is 0.0789. The summed E-state index contributed by atoms with van der Waals surface area (Å²) in [6.07, 6.45) is 4.24. The minimum absolute atomic E-state index is 0.0789. The van der Waals surface area contributed by atoms with Crippen LogP contribution < -0.4 is 5.32 Å². The zero-order valence-electron chi connectivity index (χ0n) is 17.1. The van der Waals surface area contributed by atoms with E-state index in [1.54, 1.807) is 0 Å². The Morgan fingerprint density at radius 1 is 1.21 bits per heavy atom. The molecule has 1 rings (SSSR count). The van der Waals surface area contributed by atoms with Gasteiger partial charge < -0.3 is 10.1 Å². The monoisotopic (exact) mass is 431 g/mol. The number of halogens is 2. The number of thioether (sulfide) groups is 1. The van der Waals surface area contributed by atoms with Crippen LogP contribution in [0.5, 0.6) is 0 Å². The molecule has 7 heteroatoms. The zero-order valence-corrected chi connectivity index (χ0v) is 18.7. The van der Waals surface area contributed by atoms with Gasteiger partial charge in [-0.15, -0.1) is 11.8 Å². The van der Waals surface area contributed by atoms with Crippen molar-refractivity contribution in [2.45, 2.75) is 76.4 Å². The highest BCUT2D eigenvalue weighted by molar-refractivity contribution is 8.00. The van der Waals surface area contributed by atoms with Gasteiger partial charge in [0.2, 0.25) is 5.91 Å². The van der Waals surface area contributed by atoms with E-state index < -0.39 is 11.1 Å². The van der Waals surface area contributed by atoms with Gasteiger partial charge in [-0.3, -0.25) is 9.59 Å². The fraction of sp³-hybridized carbons (Fsp3) is 0.619. The molecule has 0 spiro atoms. The standard InChI is InChI=1S/C21H31ClFNO3S/c1-5-7-11-27-21(26)18(8-6-2)28-19-13-17(16(23)12-15(19)22)24-20(25)10-9-14(3)4/h12-14,18H,5-11H2,1-4H3,(H,24,25). The van der Waals surface area contributed by atoms with Crippen LogP contribution in [0, 0.1) is 11.7 Å². The summed E-state index contributed by atoms with van der Waals surface area (Å²) < 4.78 is 19.6. The first kappa shape index (κ1) is 24.8. The van der Waals surface area contributed by atoms with Crippen LogP contribution in [0.25, 0.3) is 0 Å². The van der Waals surface area contributed by atoms with Gasteiger partial charge in [-0.25, -0.2) is 4.39 Å². The van der Waals surface area contributed by atoms with Gasteiger partial charge in [0, 0.05) is 11.3 Å². The maximum Gasteiger partial charge on any atom is 0.319 e. The van der Waals surface area contributed by atoms with E-state index in [2.05, 4.69) is 5.32 Å². The van der Waals surface area contributed by atoms with Gasteiger partial charge in [-0.05, 0) is 37.3 Å². The average molecular weight is 432 g/mol. The van der Waals surface area contributed by atoms with Gasteiger partial charge in [0.15, 0.2) is 0 Å². The Labute approximate surface area is 176 Å². The number of carbonyl (C=O) groups is 2. The molecule has 1 amide bonds. The maximum absolute atomic E-state index is 14.2. The summed E-state index contributed by atoms with van der Waals surface area (Å²) in [7, 11) is 0. The van der Waals surface area contributed by atoms with E-state index in [0.717, 1.165) is 25.7 Å². The number of nitrogens with one attached hydrogen (secondary N) is 1. The first-order valence-electron chi connectivity index (χ1n) is 9.90. The van der Waals surface area contributed by atoms with Crippen molar-refractivity contribution in [3.05, 3.63) is 23.0 Å². The van der Waals surface area contributed by atoms with Gasteiger partial charge in [0.1, 0.15) is 11.1 Å². The molecule has 1 unspecified atom stereocenters. The van der Waals surface area contributed by atoms with Crippen molar-refractivity contribution in [2.75, 3.05) is 11.9 Å². The third-order valence-electron chi connectivity index (χ3n) is 4.07. The Kier molecular flexibility index (Phi) is 11.5. The van der Waals surface area contributed by atoms with E-state index in [9.17, 15) is 14.0 Å². The van der Waals surface area contributed by atoms with Crippen molar-refractivity contribution >= 4 is 40.9 Å². The van der Waals surface area contributed by atoms with E-state index in [4.69, 9.17) is 16.3 Å². The summed E-state index contributed by atoms with van der Waals surface area (Å²) in [5.74, 6) is -0.733. The van der Waals surface area contributed by atoms with Crippen LogP contribution in [0.4, 0.5) is 10.1 Å². The van der Waals surface area contributed by atoms with Crippen molar-refractivity contribution < 1.29 is 18.7 Å². The maximum atomic E-state index is 14.2. The molecule has 0 bridgehead atoms. The highest BCUT2D eigenvalue weighted by Gasteiger charge is 2.23. The lowest BCUT2D eigenvalue weighted by atomic mass is 10.1. The fourth-order valence-corrected chi connectivity index (χ4v) is 3.86. The molecule has 0 fully saturated rings. The number of unbranched alkanes of at least 4 members (excludes halogenated alkanes) is 1. The van der Waals surface area contributed by atoms with E-state index >= 15 is 0 Å². The third-order valence-corrected chi connectivity index (χ3v) is 5.80. The van der Waals surface area contributed by atoms with Gasteiger partial charge in [-0.2, -0.15) is 0 Å². The molecule has 4 nitrogen and oxygen atoms in total. The van der Waals surface area contributed by atoms with Crippen LogP contribution in [-0.4, -0.2) is 23.7 Å². The Balaban J connectivity index is 2.89. The quantitative estimate of drug-likeness (QED) is 0.234. The van der Waals surface area contributed by atoms with Crippen molar-refractivity contribution in [1.29, 1.82) is 0 Å². The molecular weight excluding hydrogens is 401 g/mol. The fourth-order valence-electron chi connectivity index (χ4n) is 2.40. The van der Waals surface area contributed by atoms with Crippen molar-refractivity contribution in [3.63, 3.8) is 0 Å². The largest absolute Gasteiger partial charge is 0.465 e. The molecule has 0 heterocycles. The number of anilines is 1. The first-order chi connectivity index (χ1) is 13.3. The molecule has 28 heavy (non-hydrogen) atoms.